The van der Waals surface area contributed by atoms with E-state index in [1.165, 1.54) is 7.11 Å². The lowest BCUT2D eigenvalue weighted by Crippen LogP contribution is -2.40. The molecule has 0 aliphatic rings. The molecule has 9 heteroatoms. The molecule has 0 unspecified atom stereocenters. The second kappa shape index (κ2) is 16.9. The van der Waals surface area contributed by atoms with Crippen molar-refractivity contribution in [1.29, 1.82) is 0 Å². The van der Waals surface area contributed by atoms with Gasteiger partial charge in [0, 0.05) is 0 Å². The summed E-state index contributed by atoms with van der Waals surface area (Å²) in [6.07, 6.45) is 0. The summed E-state index contributed by atoms with van der Waals surface area (Å²) in [5.41, 5.74) is 2.31. The lowest BCUT2D eigenvalue weighted by atomic mass is 9.67. The van der Waals surface area contributed by atoms with Gasteiger partial charge in [-0.1, -0.05) is 65.8 Å². The van der Waals surface area contributed by atoms with Crippen LogP contribution < -0.4 is 9.47 Å². The van der Waals surface area contributed by atoms with Crippen LogP contribution in [0.3, 0.4) is 0 Å². The van der Waals surface area contributed by atoms with E-state index in [0.717, 1.165) is 11.1 Å². The van der Waals surface area contributed by atoms with Crippen molar-refractivity contribution in [3.05, 3.63) is 83.9 Å². The van der Waals surface area contributed by atoms with Gasteiger partial charge in [-0.05, 0) is 70.5 Å². The fourth-order valence-electron chi connectivity index (χ4n) is 5.32. The number of methoxy groups -OCH3 is 1. The first-order valence-corrected chi connectivity index (χ1v) is 15.4. The van der Waals surface area contributed by atoms with Gasteiger partial charge in [-0.25, -0.2) is 9.59 Å². The second-order valence-electron chi connectivity index (χ2n) is 12.9. The van der Waals surface area contributed by atoms with E-state index in [-0.39, 0.29) is 35.3 Å². The van der Waals surface area contributed by atoms with E-state index in [0.29, 0.717) is 55.7 Å². The summed E-state index contributed by atoms with van der Waals surface area (Å²) in [6.45, 7) is 14.3. The highest BCUT2D eigenvalue weighted by Crippen LogP contribution is 2.40. The number of hydrogen-bond acceptors (Lipinski definition) is 9. The van der Waals surface area contributed by atoms with Gasteiger partial charge in [0.05, 0.1) is 50.6 Å². The van der Waals surface area contributed by atoms with Crippen LogP contribution in [0, 0.1) is 16.7 Å². The summed E-state index contributed by atoms with van der Waals surface area (Å²) >= 11 is 0. The molecule has 3 aromatic rings. The highest BCUT2D eigenvalue weighted by atomic mass is 16.6. The summed E-state index contributed by atoms with van der Waals surface area (Å²) in [7, 11) is 1.34. The molecule has 0 N–H and O–H groups in total. The van der Waals surface area contributed by atoms with Crippen molar-refractivity contribution in [2.24, 2.45) is 16.7 Å². The van der Waals surface area contributed by atoms with Gasteiger partial charge in [0.25, 0.3) is 0 Å². The Morgan fingerprint density at radius 3 is 1.52 bits per heavy atom. The molecule has 3 aromatic carbocycles. The van der Waals surface area contributed by atoms with E-state index >= 15 is 0 Å². The normalized spacial score (nSPS) is 11.7. The predicted octanol–water partition coefficient (Wildman–Crippen LogP) is 7.02. The van der Waals surface area contributed by atoms with Crippen LogP contribution in [0.2, 0.25) is 0 Å². The first kappa shape index (κ1) is 36.3. The number of esters is 3. The third kappa shape index (κ3) is 11.3. The molecule has 0 fully saturated rings. The lowest BCUT2D eigenvalue weighted by Gasteiger charge is -2.38. The third-order valence-electron chi connectivity index (χ3n) is 7.10. The minimum absolute atomic E-state index is 0.194. The van der Waals surface area contributed by atoms with Gasteiger partial charge in [0.1, 0.15) is 24.7 Å². The first-order valence-electron chi connectivity index (χ1n) is 15.4. The molecule has 0 spiro atoms. The van der Waals surface area contributed by atoms with Crippen LogP contribution in [-0.4, -0.2) is 64.7 Å². The van der Waals surface area contributed by atoms with Crippen LogP contribution in [0.4, 0.5) is 0 Å². The van der Waals surface area contributed by atoms with Crippen LogP contribution in [0.25, 0.3) is 11.1 Å². The first-order chi connectivity index (χ1) is 21.8. The second-order valence-corrected chi connectivity index (χ2v) is 12.9. The molecule has 0 heterocycles. The topological polar surface area (TPSA) is 107 Å². The van der Waals surface area contributed by atoms with Crippen molar-refractivity contribution >= 4 is 17.9 Å². The fraction of sp³-hybridized carbons (Fsp3) is 0.432. The van der Waals surface area contributed by atoms with Crippen LogP contribution in [0.1, 0.15) is 62.3 Å². The standard InChI is InChI=1S/C37H46O9/c1-36(2,3)32(37(4,5)6)35(40)45-25-23-43-21-20-42-22-24-44-30-16-14-29(15-17-30)34(39)46-31-18-12-27(13-19-31)26-8-10-28(11-9-26)33(38)41-7/h8-19,32H,20-25H2,1-7H3. The zero-order valence-electron chi connectivity index (χ0n) is 27.9. The Labute approximate surface area is 272 Å². The summed E-state index contributed by atoms with van der Waals surface area (Å²) in [6, 6.07) is 20.9. The van der Waals surface area contributed by atoms with Crippen molar-refractivity contribution in [2.45, 2.75) is 41.5 Å². The van der Waals surface area contributed by atoms with Crippen LogP contribution in [0.5, 0.6) is 11.5 Å². The number of benzene rings is 3. The minimum atomic E-state index is -0.483. The number of carbonyl (C=O) groups is 3. The minimum Gasteiger partial charge on any atom is -0.491 e. The van der Waals surface area contributed by atoms with Crippen LogP contribution >= 0.6 is 0 Å². The van der Waals surface area contributed by atoms with E-state index < -0.39 is 5.97 Å². The number of ether oxygens (including phenoxy) is 6. The van der Waals surface area contributed by atoms with Crippen molar-refractivity contribution < 1.29 is 42.8 Å². The average Bonchev–Trinajstić information content (AvgIpc) is 3.01. The number of carbonyl (C=O) groups excluding carboxylic acids is 3. The van der Waals surface area contributed by atoms with Crippen molar-refractivity contribution in [3.63, 3.8) is 0 Å². The maximum Gasteiger partial charge on any atom is 0.343 e. The monoisotopic (exact) mass is 634 g/mol. The summed E-state index contributed by atoms with van der Waals surface area (Å²) < 4.78 is 32.5. The molecule has 0 saturated heterocycles. The Bertz CT molecular complexity index is 1380. The Kier molecular flexibility index (Phi) is 13.3. The summed E-state index contributed by atoms with van der Waals surface area (Å²) in [5.74, 6) is -0.273. The molecule has 0 aromatic heterocycles. The maximum absolute atomic E-state index is 12.6. The molecular weight excluding hydrogens is 588 g/mol. The highest BCUT2D eigenvalue weighted by molar-refractivity contribution is 5.91. The molecule has 0 radical (unpaired) electrons. The van der Waals surface area contributed by atoms with Gasteiger partial charge in [-0.2, -0.15) is 0 Å². The number of rotatable bonds is 15. The smallest absolute Gasteiger partial charge is 0.343 e. The Balaban J connectivity index is 1.30. The van der Waals surface area contributed by atoms with Crippen molar-refractivity contribution in [2.75, 3.05) is 46.8 Å². The van der Waals surface area contributed by atoms with Crippen LogP contribution in [-0.2, 0) is 23.7 Å². The SMILES string of the molecule is COC(=O)c1ccc(-c2ccc(OC(=O)c3ccc(OCCOCCOCCOC(=O)C(C(C)(C)C)C(C)(C)C)cc3)cc2)cc1. The quantitative estimate of drug-likeness (QED) is 0.0990. The molecule has 248 valence electrons. The van der Waals surface area contributed by atoms with Gasteiger partial charge >= 0.3 is 17.9 Å². The summed E-state index contributed by atoms with van der Waals surface area (Å²) in [4.78, 5) is 36.9. The molecule has 9 nitrogen and oxygen atoms in total. The van der Waals surface area contributed by atoms with E-state index in [9.17, 15) is 14.4 Å². The molecule has 0 aliphatic heterocycles. The zero-order chi connectivity index (χ0) is 33.7. The van der Waals surface area contributed by atoms with E-state index in [4.69, 9.17) is 28.4 Å². The predicted molar refractivity (Wildman–Crippen MR) is 175 cm³/mol. The molecule has 46 heavy (non-hydrogen) atoms. The van der Waals surface area contributed by atoms with Crippen LogP contribution in [0.15, 0.2) is 72.8 Å². The van der Waals surface area contributed by atoms with E-state index in [1.807, 2.05) is 24.3 Å². The fourth-order valence-corrected chi connectivity index (χ4v) is 5.32. The Morgan fingerprint density at radius 1 is 0.565 bits per heavy atom. The molecular formula is C37H46O9. The Morgan fingerprint density at radius 2 is 1.00 bits per heavy atom. The molecule has 0 amide bonds. The molecule has 3 rings (SSSR count). The summed E-state index contributed by atoms with van der Waals surface area (Å²) in [5, 5.41) is 0. The molecule has 0 atom stereocenters. The van der Waals surface area contributed by atoms with Gasteiger partial charge < -0.3 is 28.4 Å². The van der Waals surface area contributed by atoms with E-state index in [1.54, 1.807) is 48.5 Å². The molecule has 0 saturated carbocycles. The lowest BCUT2D eigenvalue weighted by molar-refractivity contribution is -0.159. The van der Waals surface area contributed by atoms with Crippen molar-refractivity contribution in [3.8, 4) is 22.6 Å². The molecule has 0 aliphatic carbocycles. The zero-order valence-corrected chi connectivity index (χ0v) is 27.9. The largest absolute Gasteiger partial charge is 0.491 e. The highest BCUT2D eigenvalue weighted by Gasteiger charge is 2.41. The van der Waals surface area contributed by atoms with Gasteiger partial charge in [-0.15, -0.1) is 0 Å². The molecule has 0 bridgehead atoms. The van der Waals surface area contributed by atoms with E-state index in [2.05, 4.69) is 41.5 Å². The van der Waals surface area contributed by atoms with Gasteiger partial charge in [-0.3, -0.25) is 4.79 Å². The van der Waals surface area contributed by atoms with Gasteiger partial charge in [0.15, 0.2) is 0 Å². The third-order valence-corrected chi connectivity index (χ3v) is 7.10. The van der Waals surface area contributed by atoms with Crippen molar-refractivity contribution in [1.82, 2.24) is 0 Å². The maximum atomic E-state index is 12.6. The Hall–Kier alpha value is -4.21. The van der Waals surface area contributed by atoms with Gasteiger partial charge in [0.2, 0.25) is 0 Å². The number of hydrogen-bond donors (Lipinski definition) is 0. The average molecular weight is 635 g/mol.